The highest BCUT2D eigenvalue weighted by Crippen LogP contribution is 2.12. The molecule has 5 N–H and O–H groups in total. The Kier molecular flexibility index (Phi) is 7.23. The molecule has 0 bridgehead atoms. The Hall–Kier alpha value is -3.08. The first-order valence-corrected chi connectivity index (χ1v) is 7.45. The maximum atomic E-state index is 12.4. The van der Waals surface area contributed by atoms with Crippen molar-refractivity contribution in [2.75, 3.05) is 11.9 Å². The number of rotatable bonds is 7. The van der Waals surface area contributed by atoms with Crippen LogP contribution in [-0.2, 0) is 4.79 Å². The first kappa shape index (κ1) is 19.0. The van der Waals surface area contributed by atoms with Crippen LogP contribution in [-0.4, -0.2) is 30.4 Å². The second-order valence-corrected chi connectivity index (χ2v) is 5.60. The Morgan fingerprint density at radius 3 is 2.58 bits per heavy atom. The summed E-state index contributed by atoms with van der Waals surface area (Å²) < 4.78 is 0. The number of nitrogens with one attached hydrogen (secondary N) is 3. The van der Waals surface area contributed by atoms with Gasteiger partial charge in [-0.1, -0.05) is 19.9 Å². The lowest BCUT2D eigenvalue weighted by Crippen LogP contribution is -2.47. The van der Waals surface area contributed by atoms with Gasteiger partial charge in [0.1, 0.15) is 12.6 Å². The number of carbonyl (C=O) groups is 3. The molecule has 0 aliphatic heterocycles. The second kappa shape index (κ2) is 9.15. The molecule has 1 aromatic rings. The zero-order chi connectivity index (χ0) is 18.1. The highest BCUT2D eigenvalue weighted by atomic mass is 16.2. The molecule has 1 atom stereocenters. The number of nitrogens with zero attached hydrogens (tertiary/aromatic N) is 1. The molecule has 0 aromatic heterocycles. The molecule has 128 valence electrons. The van der Waals surface area contributed by atoms with E-state index in [9.17, 15) is 14.4 Å². The van der Waals surface area contributed by atoms with Crippen LogP contribution in [0.5, 0.6) is 0 Å². The summed E-state index contributed by atoms with van der Waals surface area (Å²) in [5.41, 5.74) is 5.70. The van der Waals surface area contributed by atoms with Gasteiger partial charge in [0.15, 0.2) is 0 Å². The van der Waals surface area contributed by atoms with Crippen molar-refractivity contribution >= 4 is 23.5 Å². The van der Waals surface area contributed by atoms with E-state index in [1.807, 2.05) is 19.9 Å². The van der Waals surface area contributed by atoms with Crippen molar-refractivity contribution in [2.24, 2.45) is 11.7 Å². The summed E-state index contributed by atoms with van der Waals surface area (Å²) in [5.74, 6) is -0.697. The Morgan fingerprint density at radius 1 is 1.29 bits per heavy atom. The summed E-state index contributed by atoms with van der Waals surface area (Å²) in [6.45, 7) is 3.73. The van der Waals surface area contributed by atoms with E-state index < -0.39 is 23.9 Å². The smallest absolute Gasteiger partial charge is 0.316 e. The minimum atomic E-state index is -0.751. The van der Waals surface area contributed by atoms with E-state index in [0.717, 1.165) is 0 Å². The predicted molar refractivity (Wildman–Crippen MR) is 89.0 cm³/mol. The third-order valence-corrected chi connectivity index (χ3v) is 3.06. The number of hydrogen-bond donors (Lipinski definition) is 4. The van der Waals surface area contributed by atoms with Gasteiger partial charge in [-0.15, -0.1) is 0 Å². The van der Waals surface area contributed by atoms with E-state index in [1.165, 1.54) is 6.07 Å². The maximum Gasteiger partial charge on any atom is 0.316 e. The van der Waals surface area contributed by atoms with Crippen LogP contribution in [0.15, 0.2) is 24.3 Å². The number of amides is 4. The monoisotopic (exact) mass is 331 g/mol. The molecule has 0 aliphatic rings. The second-order valence-electron chi connectivity index (χ2n) is 5.60. The zero-order valence-corrected chi connectivity index (χ0v) is 13.6. The maximum absolute atomic E-state index is 12.4. The van der Waals surface area contributed by atoms with Crippen molar-refractivity contribution < 1.29 is 14.4 Å². The fraction of sp³-hybridized carbons (Fsp3) is 0.375. The summed E-state index contributed by atoms with van der Waals surface area (Å²) in [6.07, 6.45) is 0.433. The molecule has 8 heteroatoms. The van der Waals surface area contributed by atoms with Crippen molar-refractivity contribution in [3.8, 4) is 6.07 Å². The molecule has 1 unspecified atom stereocenters. The summed E-state index contributed by atoms with van der Waals surface area (Å²) in [6, 6.07) is 6.53. The van der Waals surface area contributed by atoms with Crippen molar-refractivity contribution in [1.82, 2.24) is 10.6 Å². The lowest BCUT2D eigenvalue weighted by Gasteiger charge is -2.19. The molecule has 0 saturated carbocycles. The van der Waals surface area contributed by atoms with Crippen LogP contribution < -0.4 is 21.7 Å². The van der Waals surface area contributed by atoms with E-state index in [0.29, 0.717) is 12.1 Å². The fourth-order valence-corrected chi connectivity index (χ4v) is 2.07. The Balaban J connectivity index is 2.85. The van der Waals surface area contributed by atoms with Crippen molar-refractivity contribution in [3.05, 3.63) is 29.8 Å². The number of nitriles is 1. The number of urea groups is 1. The third kappa shape index (κ3) is 6.36. The number of benzene rings is 1. The molecule has 4 amide bonds. The van der Waals surface area contributed by atoms with Crippen LogP contribution in [0.1, 0.15) is 30.6 Å². The summed E-state index contributed by atoms with van der Waals surface area (Å²) in [5, 5.41) is 16.0. The van der Waals surface area contributed by atoms with Crippen molar-refractivity contribution in [3.63, 3.8) is 0 Å². The Bertz CT molecular complexity index is 651. The minimum absolute atomic E-state index is 0.124. The van der Waals surface area contributed by atoms with Gasteiger partial charge in [-0.3, -0.25) is 9.59 Å². The Morgan fingerprint density at radius 2 is 2.00 bits per heavy atom. The van der Waals surface area contributed by atoms with Crippen LogP contribution in [0.3, 0.4) is 0 Å². The van der Waals surface area contributed by atoms with Gasteiger partial charge in [0.2, 0.25) is 5.91 Å². The fourth-order valence-electron chi connectivity index (χ4n) is 2.07. The largest absolute Gasteiger partial charge is 0.351 e. The molecule has 0 aliphatic carbocycles. The standard InChI is InChI=1S/C16H21N5O3/c1-10(2)8-13(15(23)19-7-6-17)21-14(22)11-4-3-5-12(9-11)20-16(18)24/h3-5,9-10,13H,7-8H2,1-2H3,(H,19,23)(H,21,22)(H3,18,20,24). The molecular formula is C16H21N5O3. The third-order valence-electron chi connectivity index (χ3n) is 3.06. The normalized spacial score (nSPS) is 11.2. The number of anilines is 1. The van der Waals surface area contributed by atoms with Gasteiger partial charge in [0.25, 0.3) is 5.91 Å². The van der Waals surface area contributed by atoms with Crippen LogP contribution in [0.4, 0.5) is 10.5 Å². The minimum Gasteiger partial charge on any atom is -0.351 e. The van der Waals surface area contributed by atoms with E-state index in [4.69, 9.17) is 11.0 Å². The molecule has 1 rings (SSSR count). The van der Waals surface area contributed by atoms with Crippen LogP contribution in [0.25, 0.3) is 0 Å². The van der Waals surface area contributed by atoms with E-state index in [1.54, 1.807) is 18.2 Å². The van der Waals surface area contributed by atoms with Gasteiger partial charge in [0, 0.05) is 11.3 Å². The average Bonchev–Trinajstić information content (AvgIpc) is 2.51. The van der Waals surface area contributed by atoms with Crippen molar-refractivity contribution in [2.45, 2.75) is 26.3 Å². The topological polar surface area (TPSA) is 137 Å². The summed E-state index contributed by atoms with van der Waals surface area (Å²) in [7, 11) is 0. The highest BCUT2D eigenvalue weighted by molar-refractivity contribution is 5.99. The highest BCUT2D eigenvalue weighted by Gasteiger charge is 2.22. The van der Waals surface area contributed by atoms with Crippen LogP contribution in [0.2, 0.25) is 0 Å². The van der Waals surface area contributed by atoms with E-state index in [-0.39, 0.29) is 18.0 Å². The van der Waals surface area contributed by atoms with E-state index in [2.05, 4.69) is 16.0 Å². The van der Waals surface area contributed by atoms with Gasteiger partial charge in [-0.05, 0) is 30.5 Å². The lowest BCUT2D eigenvalue weighted by molar-refractivity contribution is -0.123. The molecule has 0 fully saturated rings. The first-order valence-electron chi connectivity index (χ1n) is 7.45. The van der Waals surface area contributed by atoms with Crippen LogP contribution >= 0.6 is 0 Å². The first-order chi connectivity index (χ1) is 11.3. The molecule has 1 aromatic carbocycles. The molecular weight excluding hydrogens is 310 g/mol. The number of hydrogen-bond acceptors (Lipinski definition) is 4. The number of carbonyl (C=O) groups excluding carboxylic acids is 3. The van der Waals surface area contributed by atoms with Gasteiger partial charge < -0.3 is 21.7 Å². The average molecular weight is 331 g/mol. The number of primary amides is 1. The van der Waals surface area contributed by atoms with Gasteiger partial charge in [-0.25, -0.2) is 4.79 Å². The zero-order valence-electron chi connectivity index (χ0n) is 13.6. The van der Waals surface area contributed by atoms with Gasteiger partial charge in [-0.2, -0.15) is 5.26 Å². The SMILES string of the molecule is CC(C)CC(NC(=O)c1cccc(NC(N)=O)c1)C(=O)NCC#N. The quantitative estimate of drug-likeness (QED) is 0.553. The van der Waals surface area contributed by atoms with Crippen molar-refractivity contribution in [1.29, 1.82) is 5.26 Å². The molecule has 0 spiro atoms. The van der Waals surface area contributed by atoms with E-state index >= 15 is 0 Å². The molecule has 24 heavy (non-hydrogen) atoms. The Labute approximate surface area is 140 Å². The molecule has 0 heterocycles. The predicted octanol–water partition coefficient (Wildman–Crippen LogP) is 0.961. The molecule has 0 saturated heterocycles. The van der Waals surface area contributed by atoms with Crippen LogP contribution in [0, 0.1) is 17.2 Å². The molecule has 0 radical (unpaired) electrons. The number of nitrogens with two attached hydrogens (primary N) is 1. The lowest BCUT2D eigenvalue weighted by atomic mass is 10.0. The van der Waals surface area contributed by atoms with Gasteiger partial charge in [0.05, 0.1) is 6.07 Å². The van der Waals surface area contributed by atoms with Gasteiger partial charge >= 0.3 is 6.03 Å². The summed E-state index contributed by atoms with van der Waals surface area (Å²) in [4.78, 5) is 35.3. The summed E-state index contributed by atoms with van der Waals surface area (Å²) >= 11 is 0. The molecule has 8 nitrogen and oxygen atoms in total.